The Morgan fingerprint density at radius 2 is 1.66 bits per heavy atom. The third-order valence-corrected chi connectivity index (χ3v) is 13.6. The highest BCUT2D eigenvalue weighted by atomic mass is 32.2. The molecule has 1 aromatic heterocycles. The molecule has 7 rings (SSSR count). The Morgan fingerprint density at radius 3 is 2.30 bits per heavy atom. The van der Waals surface area contributed by atoms with Crippen molar-refractivity contribution < 1.29 is 40.7 Å². The maximum Gasteiger partial charge on any atom is 0.303 e. The van der Waals surface area contributed by atoms with Gasteiger partial charge in [0.1, 0.15) is 5.82 Å². The minimum absolute atomic E-state index is 0.0239. The first-order valence-electron chi connectivity index (χ1n) is 19.0. The number of nitrogens with one attached hydrogen (secondary N) is 1. The maximum atomic E-state index is 14.1. The molecule has 2 aromatic carbocycles. The first-order chi connectivity index (χ1) is 26.4. The zero-order valence-electron chi connectivity index (χ0n) is 32.1. The van der Waals surface area contributed by atoms with Crippen LogP contribution >= 0.6 is 0 Å². The van der Waals surface area contributed by atoms with E-state index in [1.54, 1.807) is 46.1 Å². The average molecular weight is 799 g/mol. The van der Waals surface area contributed by atoms with Gasteiger partial charge in [-0.2, -0.15) is 17.8 Å². The van der Waals surface area contributed by atoms with Crippen molar-refractivity contribution in [3.8, 4) is 0 Å². The van der Waals surface area contributed by atoms with E-state index >= 15 is 0 Å². The van der Waals surface area contributed by atoms with Gasteiger partial charge in [0.15, 0.2) is 0 Å². The van der Waals surface area contributed by atoms with Crippen LogP contribution in [0.4, 0.5) is 13.2 Å². The summed E-state index contributed by atoms with van der Waals surface area (Å²) < 4.78 is 78.1. The van der Waals surface area contributed by atoms with Crippen molar-refractivity contribution in [1.82, 2.24) is 28.6 Å². The SMILES string of the molecule is CN(C)S(=O)(=O)NC(=O)c1c(COC[C@@H]2CN(C(=O)c3cnn(Cc4ccc(F)cc4)c3)CC23CN(C(=O)[C@H]2CC2(C)C)C3)cccc1C1CCC(F)(F)CC1. The molecule has 0 bridgehead atoms. The summed E-state index contributed by atoms with van der Waals surface area (Å²) in [6.45, 7) is 6.32. The highest BCUT2D eigenvalue weighted by Crippen LogP contribution is 2.55. The molecule has 3 amide bonds. The van der Waals surface area contributed by atoms with Crippen LogP contribution in [0.5, 0.6) is 0 Å². The Morgan fingerprint density at radius 1 is 1.00 bits per heavy atom. The third kappa shape index (κ3) is 8.23. The van der Waals surface area contributed by atoms with Crippen LogP contribution in [0.1, 0.15) is 89.3 Å². The predicted molar refractivity (Wildman–Crippen MR) is 200 cm³/mol. The van der Waals surface area contributed by atoms with Gasteiger partial charge in [0.2, 0.25) is 11.8 Å². The van der Waals surface area contributed by atoms with Gasteiger partial charge in [-0.1, -0.05) is 44.2 Å². The Balaban J connectivity index is 1.09. The molecule has 2 saturated heterocycles. The molecule has 4 aliphatic rings. The molecule has 2 atom stereocenters. The number of carbonyl (C=O) groups excluding carboxylic acids is 3. The number of aromatic nitrogens is 2. The summed E-state index contributed by atoms with van der Waals surface area (Å²) in [5.41, 5.74) is 1.78. The Hall–Kier alpha value is -4.28. The Labute approximate surface area is 325 Å². The van der Waals surface area contributed by atoms with Gasteiger partial charge >= 0.3 is 10.2 Å². The minimum Gasteiger partial charge on any atom is -0.376 e. The molecule has 2 aliphatic heterocycles. The quantitative estimate of drug-likeness (QED) is 0.271. The van der Waals surface area contributed by atoms with Crippen molar-refractivity contribution in [2.24, 2.45) is 22.7 Å². The molecule has 3 aromatic rings. The summed E-state index contributed by atoms with van der Waals surface area (Å²) in [5.74, 6) is -4.66. The standard InChI is InChI=1S/C40H49F3N6O6S/c1-38(2)16-33(38)37(52)48-24-39(25-48)23-47(36(51)29-17-44-49(19-29)18-26-8-10-31(41)11-9-26)20-30(39)22-55-21-28-6-5-7-32(27-12-14-40(42,43)15-13-27)34(28)35(50)45-56(53,54)46(3)4/h5-11,17,19,27,30,33H,12-16,18,20-25H2,1-4H3,(H,45,50)/t30-,33+/m0/s1. The molecule has 1 N–H and O–H groups in total. The first-order valence-corrected chi connectivity index (χ1v) is 20.5. The van der Waals surface area contributed by atoms with Gasteiger partial charge in [-0.05, 0) is 59.4 Å². The molecule has 1 spiro atoms. The first kappa shape index (κ1) is 39.9. The number of hydrogen-bond acceptors (Lipinski definition) is 7. The van der Waals surface area contributed by atoms with Crippen molar-refractivity contribution in [3.63, 3.8) is 0 Å². The van der Waals surface area contributed by atoms with Crippen molar-refractivity contribution in [2.75, 3.05) is 46.9 Å². The molecule has 4 fully saturated rings. The van der Waals surface area contributed by atoms with Gasteiger partial charge in [0, 0.05) is 82.1 Å². The molecule has 2 saturated carbocycles. The second-order valence-corrected chi connectivity index (χ2v) is 18.9. The lowest BCUT2D eigenvalue weighted by Gasteiger charge is -2.51. The molecule has 12 nitrogen and oxygen atoms in total. The van der Waals surface area contributed by atoms with E-state index in [9.17, 15) is 36.0 Å². The second-order valence-electron chi connectivity index (χ2n) is 17.0. The predicted octanol–water partition coefficient (Wildman–Crippen LogP) is 5.06. The molecule has 56 heavy (non-hydrogen) atoms. The number of alkyl halides is 2. The number of hydrogen-bond donors (Lipinski definition) is 1. The summed E-state index contributed by atoms with van der Waals surface area (Å²) in [6.07, 6.45) is 3.63. The Bertz CT molecular complexity index is 2090. The second kappa shape index (κ2) is 14.9. The van der Waals surface area contributed by atoms with Crippen LogP contribution in [0.15, 0.2) is 54.9 Å². The van der Waals surface area contributed by atoms with Gasteiger partial charge in [-0.15, -0.1) is 0 Å². The highest BCUT2D eigenvalue weighted by molar-refractivity contribution is 7.87. The zero-order chi connectivity index (χ0) is 40.2. The number of carbonyl (C=O) groups is 3. The average Bonchev–Trinajstić information content (AvgIpc) is 3.41. The smallest absolute Gasteiger partial charge is 0.303 e. The number of nitrogens with zero attached hydrogens (tertiary/aromatic N) is 5. The van der Waals surface area contributed by atoms with Crippen LogP contribution in [0.3, 0.4) is 0 Å². The van der Waals surface area contributed by atoms with Crippen LogP contribution in [0, 0.1) is 28.5 Å². The third-order valence-electron chi connectivity index (χ3n) is 12.2. The summed E-state index contributed by atoms with van der Waals surface area (Å²) in [4.78, 5) is 44.6. The monoisotopic (exact) mass is 798 g/mol. The number of ether oxygens (including phenoxy) is 1. The molecule has 0 unspecified atom stereocenters. The van der Waals surface area contributed by atoms with Crippen molar-refractivity contribution >= 4 is 27.9 Å². The van der Waals surface area contributed by atoms with E-state index in [0.717, 1.165) is 16.3 Å². The lowest BCUT2D eigenvalue weighted by Crippen LogP contribution is -2.63. The molecule has 2 aliphatic carbocycles. The number of amides is 3. The lowest BCUT2D eigenvalue weighted by atomic mass is 9.71. The van der Waals surface area contributed by atoms with Gasteiger partial charge in [-0.25, -0.2) is 17.9 Å². The van der Waals surface area contributed by atoms with E-state index in [0.29, 0.717) is 49.4 Å². The normalized spacial score (nSPS) is 22.6. The molecular formula is C40H49F3N6O6S. The van der Waals surface area contributed by atoms with Gasteiger partial charge < -0.3 is 14.5 Å². The molecule has 3 heterocycles. The number of halogens is 3. The number of rotatable bonds is 12. The summed E-state index contributed by atoms with van der Waals surface area (Å²) in [7, 11) is -1.58. The summed E-state index contributed by atoms with van der Waals surface area (Å²) in [6, 6.07) is 11.1. The van der Waals surface area contributed by atoms with Crippen LogP contribution in [0.2, 0.25) is 0 Å². The van der Waals surface area contributed by atoms with E-state index in [4.69, 9.17) is 4.74 Å². The maximum absolute atomic E-state index is 14.1. The largest absolute Gasteiger partial charge is 0.376 e. The van der Waals surface area contributed by atoms with E-state index in [2.05, 4.69) is 23.7 Å². The minimum atomic E-state index is -4.16. The van der Waals surface area contributed by atoms with Crippen molar-refractivity contribution in [3.05, 3.63) is 88.5 Å². The molecular weight excluding hydrogens is 750 g/mol. The fourth-order valence-corrected chi connectivity index (χ4v) is 9.07. The van der Waals surface area contributed by atoms with E-state index in [1.165, 1.54) is 32.4 Å². The van der Waals surface area contributed by atoms with Crippen LogP contribution < -0.4 is 4.72 Å². The van der Waals surface area contributed by atoms with Crippen molar-refractivity contribution in [1.29, 1.82) is 0 Å². The fraction of sp³-hybridized carbons (Fsp3) is 0.550. The molecule has 302 valence electrons. The molecule has 16 heteroatoms. The molecule has 0 radical (unpaired) electrons. The number of likely N-dealkylation sites (tertiary alicyclic amines) is 2. The highest BCUT2D eigenvalue weighted by Gasteiger charge is 2.60. The number of benzene rings is 2. The van der Waals surface area contributed by atoms with Crippen LogP contribution in [0.25, 0.3) is 0 Å². The zero-order valence-corrected chi connectivity index (χ0v) is 33.0. The van der Waals surface area contributed by atoms with Crippen LogP contribution in [-0.2, 0) is 32.9 Å². The summed E-state index contributed by atoms with van der Waals surface area (Å²) >= 11 is 0. The Kier molecular flexibility index (Phi) is 10.6. The van der Waals surface area contributed by atoms with Gasteiger partial charge in [0.05, 0.1) is 31.5 Å². The topological polar surface area (TPSA) is 134 Å². The van der Waals surface area contributed by atoms with Crippen molar-refractivity contribution in [2.45, 2.75) is 70.9 Å². The fourth-order valence-electron chi connectivity index (χ4n) is 8.55. The van der Waals surface area contributed by atoms with Crippen LogP contribution in [-0.4, -0.2) is 103 Å². The van der Waals surface area contributed by atoms with Gasteiger partial charge in [-0.3, -0.25) is 19.1 Å². The van der Waals surface area contributed by atoms with E-state index in [-0.39, 0.29) is 85.3 Å². The summed E-state index contributed by atoms with van der Waals surface area (Å²) in [5, 5.41) is 4.36. The van der Waals surface area contributed by atoms with E-state index in [1.807, 2.05) is 4.90 Å². The van der Waals surface area contributed by atoms with E-state index < -0.39 is 27.5 Å². The lowest BCUT2D eigenvalue weighted by molar-refractivity contribution is -0.148. The van der Waals surface area contributed by atoms with Gasteiger partial charge in [0.25, 0.3) is 11.8 Å².